The number of rotatable bonds is 6. The molecule has 2 atom stereocenters. The first-order valence-electron chi connectivity index (χ1n) is 11.9. The number of hydrogen-bond acceptors (Lipinski definition) is 3. The van der Waals surface area contributed by atoms with Gasteiger partial charge in [-0.1, -0.05) is 54.6 Å². The van der Waals surface area contributed by atoms with Gasteiger partial charge in [-0.3, -0.25) is 9.59 Å². The number of hydrogen-bond donors (Lipinski definition) is 2. The molecule has 3 aromatic carbocycles. The number of carbonyl (C=O) groups excluding carboxylic acids is 2. The van der Waals surface area contributed by atoms with Gasteiger partial charge < -0.3 is 15.5 Å². The third-order valence-electron chi connectivity index (χ3n) is 7.04. The molecule has 5 nitrogen and oxygen atoms in total. The third-order valence-corrected chi connectivity index (χ3v) is 7.04. The second-order valence-electron chi connectivity index (χ2n) is 9.34. The zero-order chi connectivity index (χ0) is 22.9. The summed E-state index contributed by atoms with van der Waals surface area (Å²) in [5, 5.41) is 8.36. The fourth-order valence-electron chi connectivity index (χ4n) is 4.81. The van der Waals surface area contributed by atoms with Gasteiger partial charge in [-0.05, 0) is 79.1 Å². The summed E-state index contributed by atoms with van der Waals surface area (Å²) in [7, 11) is 1.75. The van der Waals surface area contributed by atoms with Gasteiger partial charge in [0.05, 0.1) is 12.6 Å². The van der Waals surface area contributed by atoms with E-state index in [4.69, 9.17) is 0 Å². The maximum atomic E-state index is 13.8. The number of para-hydroxylation sites is 1. The second-order valence-corrected chi connectivity index (χ2v) is 9.34. The molecule has 1 aliphatic carbocycles. The molecule has 2 amide bonds. The van der Waals surface area contributed by atoms with Crippen molar-refractivity contribution in [1.82, 2.24) is 10.6 Å². The summed E-state index contributed by atoms with van der Waals surface area (Å²) < 4.78 is 0. The van der Waals surface area contributed by atoms with E-state index in [1.54, 1.807) is 14.0 Å². The van der Waals surface area contributed by atoms with Gasteiger partial charge >= 0.3 is 0 Å². The molecule has 178 valence electrons. The lowest BCUT2D eigenvalue weighted by Crippen LogP contribution is -2.52. The summed E-state index contributed by atoms with van der Waals surface area (Å²) in [6.45, 7) is 2.30. The standard InChI is InChI=1S/C28H31N3O2.ClH/c1-18(29-2)27(32)30-25-14-13-20-7-4-6-10-26(20)31(28(25)33)17-23-16-22(19-11-12-19)15-21-8-3-5-9-24(21)23;/h3-10,15-16,18-19,25,29H,11-14,17H2,1-2H3,(H,30,32);1H. The van der Waals surface area contributed by atoms with Crippen LogP contribution in [0.1, 0.15) is 48.8 Å². The van der Waals surface area contributed by atoms with Crippen molar-refractivity contribution in [1.29, 1.82) is 0 Å². The summed E-state index contributed by atoms with van der Waals surface area (Å²) in [4.78, 5) is 28.3. The third kappa shape index (κ3) is 4.82. The Morgan fingerprint density at radius 2 is 1.79 bits per heavy atom. The van der Waals surface area contributed by atoms with Crippen molar-refractivity contribution in [3.63, 3.8) is 0 Å². The molecule has 1 fully saturated rings. The zero-order valence-corrected chi connectivity index (χ0v) is 20.5. The predicted molar refractivity (Wildman–Crippen MR) is 140 cm³/mol. The van der Waals surface area contributed by atoms with E-state index in [0.29, 0.717) is 18.9 Å². The van der Waals surface area contributed by atoms with E-state index >= 15 is 0 Å². The van der Waals surface area contributed by atoms with Crippen LogP contribution in [0.25, 0.3) is 10.8 Å². The molecular weight excluding hydrogens is 446 g/mol. The Morgan fingerprint density at radius 3 is 2.56 bits per heavy atom. The number of carbonyl (C=O) groups is 2. The van der Waals surface area contributed by atoms with Gasteiger partial charge in [-0.2, -0.15) is 0 Å². The van der Waals surface area contributed by atoms with E-state index < -0.39 is 6.04 Å². The van der Waals surface area contributed by atoms with E-state index in [2.05, 4.69) is 53.1 Å². The highest BCUT2D eigenvalue weighted by molar-refractivity contribution is 6.01. The van der Waals surface area contributed by atoms with Crippen LogP contribution in [0.2, 0.25) is 0 Å². The molecule has 0 saturated heterocycles. The minimum Gasteiger partial charge on any atom is -0.343 e. The van der Waals surface area contributed by atoms with Crippen molar-refractivity contribution in [3.8, 4) is 0 Å². The van der Waals surface area contributed by atoms with E-state index in [1.165, 1.54) is 29.2 Å². The topological polar surface area (TPSA) is 61.4 Å². The first kappa shape index (κ1) is 24.2. The van der Waals surface area contributed by atoms with Crippen LogP contribution in [-0.2, 0) is 22.6 Å². The first-order valence-corrected chi connectivity index (χ1v) is 11.9. The molecule has 3 aromatic rings. The minimum atomic E-state index is -0.543. The van der Waals surface area contributed by atoms with Crippen molar-refractivity contribution < 1.29 is 9.59 Å². The van der Waals surface area contributed by atoms with Crippen LogP contribution in [-0.4, -0.2) is 30.9 Å². The molecule has 34 heavy (non-hydrogen) atoms. The molecule has 2 N–H and O–H groups in total. The number of aryl methyl sites for hydroxylation is 1. The van der Waals surface area contributed by atoms with Crippen molar-refractivity contribution >= 4 is 40.7 Å². The molecule has 1 aliphatic heterocycles. The normalized spacial score (nSPS) is 18.6. The molecule has 2 unspecified atom stereocenters. The SMILES string of the molecule is CNC(C)C(=O)NC1CCc2ccccc2N(Cc2cc(C3CC3)cc3ccccc23)C1=O.Cl. The van der Waals surface area contributed by atoms with Gasteiger partial charge in [-0.15, -0.1) is 12.4 Å². The second kappa shape index (κ2) is 10.2. The summed E-state index contributed by atoms with van der Waals surface area (Å²) >= 11 is 0. The first-order chi connectivity index (χ1) is 16.0. The molecule has 0 spiro atoms. The van der Waals surface area contributed by atoms with Crippen LogP contribution in [0.15, 0.2) is 60.7 Å². The molecule has 0 bridgehead atoms. The lowest BCUT2D eigenvalue weighted by atomic mass is 9.98. The highest BCUT2D eigenvalue weighted by atomic mass is 35.5. The lowest BCUT2D eigenvalue weighted by molar-refractivity contribution is -0.128. The zero-order valence-electron chi connectivity index (χ0n) is 19.7. The Balaban J connectivity index is 0.00000274. The minimum absolute atomic E-state index is 0. The average molecular weight is 478 g/mol. The molecule has 6 heteroatoms. The smallest absolute Gasteiger partial charge is 0.249 e. The number of benzene rings is 3. The van der Waals surface area contributed by atoms with E-state index in [1.807, 2.05) is 23.1 Å². The van der Waals surface area contributed by atoms with Gasteiger partial charge in [0, 0.05) is 5.69 Å². The Hall–Kier alpha value is -2.89. The summed E-state index contributed by atoms with van der Waals surface area (Å²) in [6.07, 6.45) is 3.82. The van der Waals surface area contributed by atoms with Crippen LogP contribution in [0.3, 0.4) is 0 Å². The number of likely N-dealkylation sites (N-methyl/N-ethyl adjacent to an activating group) is 1. The number of nitrogens with zero attached hydrogens (tertiary/aromatic N) is 1. The van der Waals surface area contributed by atoms with E-state index in [0.717, 1.165) is 23.2 Å². The largest absolute Gasteiger partial charge is 0.343 e. The molecular formula is C28H32ClN3O2. The van der Waals surface area contributed by atoms with Crippen molar-refractivity contribution in [3.05, 3.63) is 77.4 Å². The maximum absolute atomic E-state index is 13.8. The number of halogens is 1. The van der Waals surface area contributed by atoms with Crippen LogP contribution in [0.5, 0.6) is 0 Å². The summed E-state index contributed by atoms with van der Waals surface area (Å²) in [5.74, 6) is 0.441. The molecule has 5 rings (SSSR count). The molecule has 2 aliphatic rings. The van der Waals surface area contributed by atoms with Crippen LogP contribution in [0, 0.1) is 0 Å². The number of fused-ring (bicyclic) bond motifs is 2. The average Bonchev–Trinajstić information content (AvgIpc) is 3.70. The van der Waals surface area contributed by atoms with Gasteiger partial charge in [0.2, 0.25) is 11.8 Å². The summed E-state index contributed by atoms with van der Waals surface area (Å²) in [5.41, 5.74) is 4.62. The van der Waals surface area contributed by atoms with Crippen LogP contribution >= 0.6 is 12.4 Å². The van der Waals surface area contributed by atoms with Crippen LogP contribution < -0.4 is 15.5 Å². The molecule has 0 radical (unpaired) electrons. The van der Waals surface area contributed by atoms with Crippen molar-refractivity contribution in [2.75, 3.05) is 11.9 Å². The molecule has 1 heterocycles. The number of nitrogens with one attached hydrogen (secondary N) is 2. The fourth-order valence-corrected chi connectivity index (χ4v) is 4.81. The number of amides is 2. The molecule has 1 saturated carbocycles. The Bertz CT molecular complexity index is 1210. The monoisotopic (exact) mass is 477 g/mol. The quantitative estimate of drug-likeness (QED) is 0.540. The van der Waals surface area contributed by atoms with Crippen molar-refractivity contribution in [2.45, 2.75) is 57.2 Å². The Kier molecular flexibility index (Phi) is 7.24. The Labute approximate surface area is 207 Å². The van der Waals surface area contributed by atoms with Gasteiger partial charge in [0.25, 0.3) is 0 Å². The Morgan fingerprint density at radius 1 is 1.06 bits per heavy atom. The van der Waals surface area contributed by atoms with Crippen LogP contribution in [0.4, 0.5) is 5.69 Å². The van der Waals surface area contributed by atoms with E-state index in [9.17, 15) is 9.59 Å². The van der Waals surface area contributed by atoms with Crippen molar-refractivity contribution in [2.24, 2.45) is 0 Å². The van der Waals surface area contributed by atoms with E-state index in [-0.39, 0.29) is 30.3 Å². The number of anilines is 1. The lowest BCUT2D eigenvalue weighted by Gasteiger charge is -2.28. The van der Waals surface area contributed by atoms with Gasteiger partial charge in [0.1, 0.15) is 6.04 Å². The highest BCUT2D eigenvalue weighted by Gasteiger charge is 2.33. The predicted octanol–water partition coefficient (Wildman–Crippen LogP) is 4.71. The summed E-state index contributed by atoms with van der Waals surface area (Å²) in [6, 6.07) is 20.3. The maximum Gasteiger partial charge on any atom is 0.249 e. The molecule has 0 aromatic heterocycles. The van der Waals surface area contributed by atoms with Gasteiger partial charge in [0.15, 0.2) is 0 Å². The highest BCUT2D eigenvalue weighted by Crippen LogP contribution is 2.42. The van der Waals surface area contributed by atoms with Gasteiger partial charge in [-0.25, -0.2) is 0 Å². The fraction of sp³-hybridized carbons (Fsp3) is 0.357.